The van der Waals surface area contributed by atoms with E-state index in [2.05, 4.69) is 6.92 Å². The molecule has 0 saturated carbocycles. The normalized spacial score (nSPS) is 10.4. The summed E-state index contributed by atoms with van der Waals surface area (Å²) in [5.74, 6) is 0.156. The molecule has 0 heterocycles. The van der Waals surface area contributed by atoms with E-state index < -0.39 is 0 Å². The second-order valence-electron chi connectivity index (χ2n) is 4.25. The zero-order valence-electron chi connectivity index (χ0n) is 10.1. The number of phenolic OH excluding ortho intramolecular Hbond substituents is 1. The minimum absolute atomic E-state index is 0.0531. The lowest BCUT2D eigenvalue weighted by Crippen LogP contribution is -2.00. The first-order valence-electron chi connectivity index (χ1n) is 5.98. The van der Waals surface area contributed by atoms with Gasteiger partial charge in [-0.05, 0) is 25.5 Å². The predicted octanol–water partition coefficient (Wildman–Crippen LogP) is 3.85. The van der Waals surface area contributed by atoms with Crippen molar-refractivity contribution in [1.29, 1.82) is 0 Å². The predicted molar refractivity (Wildman–Crippen MR) is 65.9 cm³/mol. The molecule has 0 radical (unpaired) electrons. The molecule has 0 spiro atoms. The molecule has 1 N–H and O–H groups in total. The summed E-state index contributed by atoms with van der Waals surface area (Å²) >= 11 is 0. The molecule has 0 aliphatic heterocycles. The zero-order chi connectivity index (χ0) is 12.0. The maximum atomic E-state index is 11.8. The SMILES string of the molecule is CCCCCCC(=O)c1cc(C)ccc1O. The Bertz CT molecular complexity index is 356. The lowest BCUT2D eigenvalue weighted by molar-refractivity contribution is 0.0976. The van der Waals surface area contributed by atoms with Crippen molar-refractivity contribution >= 4 is 5.78 Å². The number of ketones is 1. The lowest BCUT2D eigenvalue weighted by atomic mass is 10.0. The van der Waals surface area contributed by atoms with Crippen molar-refractivity contribution in [2.45, 2.75) is 46.0 Å². The summed E-state index contributed by atoms with van der Waals surface area (Å²) in [4.78, 5) is 11.8. The highest BCUT2D eigenvalue weighted by atomic mass is 16.3. The molecule has 0 saturated heterocycles. The first-order valence-corrected chi connectivity index (χ1v) is 5.98. The molecule has 0 unspecified atom stereocenters. The second kappa shape index (κ2) is 6.31. The summed E-state index contributed by atoms with van der Waals surface area (Å²) < 4.78 is 0. The molecule has 2 nitrogen and oxygen atoms in total. The summed E-state index contributed by atoms with van der Waals surface area (Å²) in [7, 11) is 0. The Hall–Kier alpha value is -1.31. The molecule has 1 rings (SSSR count). The van der Waals surface area contributed by atoms with E-state index in [9.17, 15) is 9.90 Å². The van der Waals surface area contributed by atoms with Crippen LogP contribution in [0.1, 0.15) is 54.9 Å². The molecular formula is C14H20O2. The van der Waals surface area contributed by atoms with E-state index >= 15 is 0 Å². The fourth-order valence-electron chi connectivity index (χ4n) is 1.72. The summed E-state index contributed by atoms with van der Waals surface area (Å²) in [5, 5.41) is 9.59. The van der Waals surface area contributed by atoms with Gasteiger partial charge in [0.2, 0.25) is 0 Å². The minimum atomic E-state index is 0.0531. The van der Waals surface area contributed by atoms with E-state index in [0.717, 1.165) is 18.4 Å². The quantitative estimate of drug-likeness (QED) is 0.584. The van der Waals surface area contributed by atoms with E-state index in [4.69, 9.17) is 0 Å². The summed E-state index contributed by atoms with van der Waals surface area (Å²) in [6.07, 6.45) is 4.89. The maximum absolute atomic E-state index is 11.8. The number of Topliss-reactive ketones (excluding diaryl/α,β-unsaturated/α-hetero) is 1. The molecule has 0 aromatic heterocycles. The van der Waals surface area contributed by atoms with E-state index in [1.165, 1.54) is 12.8 Å². The van der Waals surface area contributed by atoms with Gasteiger partial charge in [-0.15, -0.1) is 0 Å². The lowest BCUT2D eigenvalue weighted by Gasteiger charge is -2.04. The fourth-order valence-corrected chi connectivity index (χ4v) is 1.72. The number of benzene rings is 1. The van der Waals surface area contributed by atoms with Crippen LogP contribution in [0.2, 0.25) is 0 Å². The summed E-state index contributed by atoms with van der Waals surface area (Å²) in [6.45, 7) is 4.07. The highest BCUT2D eigenvalue weighted by molar-refractivity contribution is 5.98. The molecule has 0 bridgehead atoms. The smallest absolute Gasteiger partial charge is 0.166 e. The van der Waals surface area contributed by atoms with Crippen molar-refractivity contribution in [2.75, 3.05) is 0 Å². The van der Waals surface area contributed by atoms with Gasteiger partial charge in [0, 0.05) is 6.42 Å². The second-order valence-corrected chi connectivity index (χ2v) is 4.25. The van der Waals surface area contributed by atoms with E-state index in [-0.39, 0.29) is 11.5 Å². The van der Waals surface area contributed by atoms with Crippen LogP contribution in [0.3, 0.4) is 0 Å². The van der Waals surface area contributed by atoms with Gasteiger partial charge < -0.3 is 5.11 Å². The third-order valence-corrected chi connectivity index (χ3v) is 2.71. The van der Waals surface area contributed by atoms with Crippen LogP contribution >= 0.6 is 0 Å². The molecule has 0 aliphatic carbocycles. The van der Waals surface area contributed by atoms with Crippen LogP contribution in [0.4, 0.5) is 0 Å². The molecule has 1 aromatic carbocycles. The number of aryl methyl sites for hydroxylation is 1. The fraction of sp³-hybridized carbons (Fsp3) is 0.500. The third-order valence-electron chi connectivity index (χ3n) is 2.71. The van der Waals surface area contributed by atoms with Crippen LogP contribution in [0, 0.1) is 6.92 Å². The van der Waals surface area contributed by atoms with Crippen LogP contribution in [0.5, 0.6) is 5.75 Å². The van der Waals surface area contributed by atoms with Crippen molar-refractivity contribution in [1.82, 2.24) is 0 Å². The monoisotopic (exact) mass is 220 g/mol. The van der Waals surface area contributed by atoms with Crippen LogP contribution in [0.25, 0.3) is 0 Å². The van der Waals surface area contributed by atoms with Gasteiger partial charge in [-0.3, -0.25) is 4.79 Å². The van der Waals surface area contributed by atoms with E-state index in [0.29, 0.717) is 12.0 Å². The third kappa shape index (κ3) is 3.69. The molecule has 0 amide bonds. The highest BCUT2D eigenvalue weighted by Gasteiger charge is 2.10. The number of rotatable bonds is 6. The number of carbonyl (C=O) groups excluding carboxylic acids is 1. The molecule has 1 aromatic rings. The van der Waals surface area contributed by atoms with Crippen molar-refractivity contribution in [2.24, 2.45) is 0 Å². The molecule has 0 fully saturated rings. The Morgan fingerprint density at radius 3 is 2.69 bits per heavy atom. The van der Waals surface area contributed by atoms with E-state index in [1.807, 2.05) is 13.0 Å². The summed E-state index contributed by atoms with van der Waals surface area (Å²) in [6, 6.07) is 5.16. The molecule has 0 atom stereocenters. The van der Waals surface area contributed by atoms with Crippen molar-refractivity contribution in [3.63, 3.8) is 0 Å². The standard InChI is InChI=1S/C14H20O2/c1-3-4-5-6-7-13(15)12-10-11(2)8-9-14(12)16/h8-10,16H,3-7H2,1-2H3. The number of hydrogen-bond acceptors (Lipinski definition) is 2. The van der Waals surface area contributed by atoms with Gasteiger partial charge in [-0.25, -0.2) is 0 Å². The van der Waals surface area contributed by atoms with Gasteiger partial charge in [0.1, 0.15) is 5.75 Å². The highest BCUT2D eigenvalue weighted by Crippen LogP contribution is 2.20. The first-order chi connectivity index (χ1) is 7.65. The topological polar surface area (TPSA) is 37.3 Å². The number of hydrogen-bond donors (Lipinski definition) is 1. The number of phenols is 1. The Labute approximate surface area is 97.3 Å². The Morgan fingerprint density at radius 1 is 1.25 bits per heavy atom. The van der Waals surface area contributed by atoms with Crippen LogP contribution < -0.4 is 0 Å². The van der Waals surface area contributed by atoms with Crippen molar-refractivity contribution in [3.8, 4) is 5.75 Å². The van der Waals surface area contributed by atoms with Crippen molar-refractivity contribution < 1.29 is 9.90 Å². The van der Waals surface area contributed by atoms with Gasteiger partial charge in [0.25, 0.3) is 0 Å². The average Bonchev–Trinajstić information content (AvgIpc) is 2.27. The number of aromatic hydroxyl groups is 1. The van der Waals surface area contributed by atoms with Gasteiger partial charge in [0.15, 0.2) is 5.78 Å². The maximum Gasteiger partial charge on any atom is 0.166 e. The van der Waals surface area contributed by atoms with Crippen molar-refractivity contribution in [3.05, 3.63) is 29.3 Å². The van der Waals surface area contributed by atoms with Crippen LogP contribution in [-0.2, 0) is 0 Å². The number of carbonyl (C=O) groups is 1. The van der Waals surface area contributed by atoms with Crippen LogP contribution in [0.15, 0.2) is 18.2 Å². The average molecular weight is 220 g/mol. The molecule has 16 heavy (non-hydrogen) atoms. The first kappa shape index (κ1) is 12.8. The Kier molecular flexibility index (Phi) is 5.03. The largest absolute Gasteiger partial charge is 0.507 e. The van der Waals surface area contributed by atoms with Gasteiger partial charge in [-0.2, -0.15) is 0 Å². The molecule has 88 valence electrons. The molecule has 2 heteroatoms. The zero-order valence-corrected chi connectivity index (χ0v) is 10.1. The van der Waals surface area contributed by atoms with E-state index in [1.54, 1.807) is 12.1 Å². The van der Waals surface area contributed by atoms with Gasteiger partial charge in [-0.1, -0.05) is 37.8 Å². The number of unbranched alkanes of at least 4 members (excludes halogenated alkanes) is 3. The Morgan fingerprint density at radius 2 is 2.00 bits per heavy atom. The molecular weight excluding hydrogens is 200 g/mol. The Balaban J connectivity index is 2.55. The van der Waals surface area contributed by atoms with Crippen LogP contribution in [-0.4, -0.2) is 10.9 Å². The minimum Gasteiger partial charge on any atom is -0.507 e. The summed E-state index contributed by atoms with van der Waals surface area (Å²) in [5.41, 5.74) is 1.48. The van der Waals surface area contributed by atoms with Gasteiger partial charge >= 0.3 is 0 Å². The molecule has 0 aliphatic rings. The van der Waals surface area contributed by atoms with Gasteiger partial charge in [0.05, 0.1) is 5.56 Å².